The van der Waals surface area contributed by atoms with Crippen molar-refractivity contribution in [1.29, 1.82) is 0 Å². The van der Waals surface area contributed by atoms with Crippen molar-refractivity contribution >= 4 is 23.4 Å². The van der Waals surface area contributed by atoms with Gasteiger partial charge in [-0.2, -0.15) is 5.10 Å². The Balaban J connectivity index is 1.61. The molecule has 0 aliphatic heterocycles. The van der Waals surface area contributed by atoms with Crippen molar-refractivity contribution in [2.45, 2.75) is 0 Å². The summed E-state index contributed by atoms with van der Waals surface area (Å²) in [5, 5.41) is 9.95. The van der Waals surface area contributed by atoms with Crippen LogP contribution in [0.2, 0.25) is 5.02 Å². The minimum absolute atomic E-state index is 0.0215. The number of carbonyl (C=O) groups excluding carboxylic acids is 2. The Morgan fingerprint density at radius 1 is 1.03 bits per heavy atom. The summed E-state index contributed by atoms with van der Waals surface area (Å²) in [6.07, 6.45) is 1.44. The lowest BCUT2D eigenvalue weighted by Crippen LogP contribution is -2.34. The van der Waals surface area contributed by atoms with Gasteiger partial charge < -0.3 is 10.6 Å². The molecule has 0 bridgehead atoms. The van der Waals surface area contributed by atoms with E-state index in [9.17, 15) is 18.4 Å². The first-order valence-electron chi connectivity index (χ1n) is 8.66. The predicted molar refractivity (Wildman–Crippen MR) is 105 cm³/mol. The first-order valence-corrected chi connectivity index (χ1v) is 9.04. The average Bonchev–Trinajstić information content (AvgIpc) is 3.07. The van der Waals surface area contributed by atoms with Gasteiger partial charge >= 0.3 is 0 Å². The molecule has 0 spiro atoms. The van der Waals surface area contributed by atoms with Crippen LogP contribution in [-0.2, 0) is 7.05 Å². The van der Waals surface area contributed by atoms with Gasteiger partial charge in [-0.15, -0.1) is 0 Å². The van der Waals surface area contributed by atoms with E-state index in [4.69, 9.17) is 11.6 Å². The van der Waals surface area contributed by atoms with E-state index in [0.29, 0.717) is 10.6 Å². The van der Waals surface area contributed by atoms with Gasteiger partial charge in [-0.3, -0.25) is 14.3 Å². The van der Waals surface area contributed by atoms with Crippen LogP contribution in [-0.4, -0.2) is 34.7 Å². The second-order valence-electron chi connectivity index (χ2n) is 6.21. The molecule has 29 heavy (non-hydrogen) atoms. The van der Waals surface area contributed by atoms with E-state index >= 15 is 0 Å². The third-order valence-corrected chi connectivity index (χ3v) is 4.31. The second kappa shape index (κ2) is 8.83. The van der Waals surface area contributed by atoms with Crippen molar-refractivity contribution in [3.05, 3.63) is 76.4 Å². The standard InChI is InChI=1S/C20H17ClF2N4O2/c1-27-11-16(18(26-27)15-7-6-14(22)10-17(15)23)20(29)25-9-8-24-19(28)12-2-4-13(21)5-3-12/h2-7,10-11H,8-9H2,1H3,(H,24,28)(H,25,29). The lowest BCUT2D eigenvalue weighted by atomic mass is 10.1. The van der Waals surface area contributed by atoms with E-state index < -0.39 is 17.5 Å². The van der Waals surface area contributed by atoms with Crippen LogP contribution in [0.15, 0.2) is 48.7 Å². The maximum Gasteiger partial charge on any atom is 0.255 e. The summed E-state index contributed by atoms with van der Waals surface area (Å²) in [6.45, 7) is 0.339. The number of nitrogens with zero attached hydrogens (tertiary/aromatic N) is 2. The quantitative estimate of drug-likeness (QED) is 0.604. The molecule has 1 heterocycles. The van der Waals surface area contributed by atoms with Crippen molar-refractivity contribution < 1.29 is 18.4 Å². The number of hydrogen-bond acceptors (Lipinski definition) is 3. The normalized spacial score (nSPS) is 10.6. The molecule has 2 amide bonds. The van der Waals surface area contributed by atoms with Crippen molar-refractivity contribution in [2.75, 3.05) is 13.1 Å². The number of amides is 2. The molecule has 2 N–H and O–H groups in total. The SMILES string of the molecule is Cn1cc(C(=O)NCCNC(=O)c2ccc(Cl)cc2)c(-c2ccc(F)cc2F)n1. The molecule has 0 aliphatic carbocycles. The van der Waals surface area contributed by atoms with E-state index in [1.54, 1.807) is 31.3 Å². The number of aromatic nitrogens is 2. The van der Waals surface area contributed by atoms with Crippen molar-refractivity contribution in [2.24, 2.45) is 7.05 Å². The maximum absolute atomic E-state index is 14.1. The largest absolute Gasteiger partial charge is 0.350 e. The highest BCUT2D eigenvalue weighted by molar-refractivity contribution is 6.30. The van der Waals surface area contributed by atoms with Crippen LogP contribution < -0.4 is 10.6 Å². The Morgan fingerprint density at radius 3 is 2.34 bits per heavy atom. The molecular weight excluding hydrogens is 402 g/mol. The van der Waals surface area contributed by atoms with Crippen LogP contribution in [0.3, 0.4) is 0 Å². The fraction of sp³-hybridized carbons (Fsp3) is 0.150. The van der Waals surface area contributed by atoms with Gasteiger partial charge in [0.1, 0.15) is 17.3 Å². The van der Waals surface area contributed by atoms with Gasteiger partial charge in [-0.25, -0.2) is 8.78 Å². The zero-order valence-corrected chi connectivity index (χ0v) is 16.1. The Hall–Kier alpha value is -3.26. The first-order chi connectivity index (χ1) is 13.8. The summed E-state index contributed by atoms with van der Waals surface area (Å²) in [5.74, 6) is -2.32. The summed E-state index contributed by atoms with van der Waals surface area (Å²) in [7, 11) is 1.59. The van der Waals surface area contributed by atoms with Gasteiger partial charge in [-0.1, -0.05) is 11.6 Å². The summed E-state index contributed by atoms with van der Waals surface area (Å²) in [5.41, 5.74) is 0.713. The minimum atomic E-state index is -0.812. The van der Waals surface area contributed by atoms with Gasteiger partial charge in [0, 0.05) is 48.5 Å². The van der Waals surface area contributed by atoms with Crippen molar-refractivity contribution in [1.82, 2.24) is 20.4 Å². The van der Waals surface area contributed by atoms with Crippen LogP contribution in [0.1, 0.15) is 20.7 Å². The first kappa shape index (κ1) is 20.5. The molecule has 3 aromatic rings. The lowest BCUT2D eigenvalue weighted by molar-refractivity contribution is 0.0928. The lowest BCUT2D eigenvalue weighted by Gasteiger charge is -2.08. The van der Waals surface area contributed by atoms with E-state index in [0.717, 1.165) is 12.1 Å². The highest BCUT2D eigenvalue weighted by atomic mass is 35.5. The Morgan fingerprint density at radius 2 is 1.69 bits per heavy atom. The van der Waals surface area contributed by atoms with Gasteiger partial charge in [0.05, 0.1) is 5.56 Å². The summed E-state index contributed by atoms with van der Waals surface area (Å²) >= 11 is 5.78. The number of benzene rings is 2. The van der Waals surface area contributed by atoms with Gasteiger partial charge in [0.25, 0.3) is 11.8 Å². The highest BCUT2D eigenvalue weighted by Crippen LogP contribution is 2.25. The molecule has 0 aliphatic rings. The van der Waals surface area contributed by atoms with Crippen LogP contribution in [0.4, 0.5) is 8.78 Å². The summed E-state index contributed by atoms with van der Waals surface area (Å²) < 4.78 is 28.6. The molecule has 3 rings (SSSR count). The van der Waals surface area contributed by atoms with E-state index in [-0.39, 0.29) is 35.8 Å². The van der Waals surface area contributed by atoms with Crippen LogP contribution in [0.25, 0.3) is 11.3 Å². The molecule has 0 unspecified atom stereocenters. The predicted octanol–water partition coefficient (Wildman–Crippen LogP) is 3.18. The number of aryl methyl sites for hydroxylation is 1. The Kier molecular flexibility index (Phi) is 6.23. The highest BCUT2D eigenvalue weighted by Gasteiger charge is 2.20. The molecular formula is C20H17ClF2N4O2. The van der Waals surface area contributed by atoms with Crippen molar-refractivity contribution in [3.63, 3.8) is 0 Å². The average molecular weight is 419 g/mol. The Labute approximate surface area is 170 Å². The summed E-state index contributed by atoms with van der Waals surface area (Å²) in [6, 6.07) is 9.47. The molecule has 1 aromatic heterocycles. The van der Waals surface area contributed by atoms with Gasteiger partial charge in [0.2, 0.25) is 0 Å². The number of halogens is 3. The van der Waals surface area contributed by atoms with Crippen LogP contribution in [0, 0.1) is 11.6 Å². The molecule has 2 aromatic carbocycles. The third kappa shape index (κ3) is 4.97. The molecule has 6 nitrogen and oxygen atoms in total. The van der Waals surface area contributed by atoms with Crippen molar-refractivity contribution in [3.8, 4) is 11.3 Å². The number of rotatable bonds is 6. The number of nitrogens with one attached hydrogen (secondary N) is 2. The molecule has 0 saturated carbocycles. The monoisotopic (exact) mass is 418 g/mol. The van der Waals surface area contributed by atoms with Crippen LogP contribution >= 0.6 is 11.6 Å². The minimum Gasteiger partial charge on any atom is -0.350 e. The maximum atomic E-state index is 14.1. The third-order valence-electron chi connectivity index (χ3n) is 4.06. The van der Waals surface area contributed by atoms with Gasteiger partial charge in [-0.05, 0) is 36.4 Å². The Bertz CT molecular complexity index is 1050. The zero-order valence-electron chi connectivity index (χ0n) is 15.4. The topological polar surface area (TPSA) is 76.0 Å². The molecule has 150 valence electrons. The fourth-order valence-electron chi connectivity index (χ4n) is 2.69. The second-order valence-corrected chi connectivity index (χ2v) is 6.64. The molecule has 0 saturated heterocycles. The smallest absolute Gasteiger partial charge is 0.255 e. The molecule has 0 atom stereocenters. The fourth-order valence-corrected chi connectivity index (χ4v) is 2.81. The van der Waals surface area contributed by atoms with E-state index in [1.807, 2.05) is 0 Å². The van der Waals surface area contributed by atoms with Crippen LogP contribution in [0.5, 0.6) is 0 Å². The molecule has 0 fully saturated rings. The number of hydrogen-bond donors (Lipinski definition) is 2. The molecule has 9 heteroatoms. The van der Waals surface area contributed by atoms with E-state index in [2.05, 4.69) is 15.7 Å². The summed E-state index contributed by atoms with van der Waals surface area (Å²) in [4.78, 5) is 24.5. The number of carbonyl (C=O) groups is 2. The molecule has 0 radical (unpaired) electrons. The van der Waals surface area contributed by atoms with E-state index in [1.165, 1.54) is 16.9 Å². The van der Waals surface area contributed by atoms with Gasteiger partial charge in [0.15, 0.2) is 0 Å². The zero-order chi connectivity index (χ0) is 21.0.